The van der Waals surface area contributed by atoms with Crippen molar-refractivity contribution in [1.82, 2.24) is 0 Å². The summed E-state index contributed by atoms with van der Waals surface area (Å²) in [7, 11) is 0. The van der Waals surface area contributed by atoms with Crippen LogP contribution in [0.4, 0.5) is 11.4 Å². The molecule has 1 aromatic rings. The lowest BCUT2D eigenvalue weighted by Crippen LogP contribution is -2.00. The molecule has 5 N–H and O–H groups in total. The first-order chi connectivity index (χ1) is 6.54. The van der Waals surface area contributed by atoms with Gasteiger partial charge >= 0.3 is 0 Å². The molecule has 0 aliphatic rings. The lowest BCUT2D eigenvalue weighted by molar-refractivity contribution is 0.471. The minimum Gasteiger partial charge on any atom is -0.505 e. The van der Waals surface area contributed by atoms with E-state index in [9.17, 15) is 5.11 Å². The van der Waals surface area contributed by atoms with Crippen LogP contribution in [-0.2, 0) is 0 Å². The normalized spacial score (nSPS) is 10.5. The van der Waals surface area contributed by atoms with E-state index in [-0.39, 0.29) is 11.4 Å². The van der Waals surface area contributed by atoms with E-state index in [1.165, 1.54) is 0 Å². The van der Waals surface area contributed by atoms with E-state index in [2.05, 4.69) is 0 Å². The molecule has 3 nitrogen and oxygen atoms in total. The lowest BCUT2D eigenvalue weighted by atomic mass is 10.1. The summed E-state index contributed by atoms with van der Waals surface area (Å²) >= 11 is 3.11. The van der Waals surface area contributed by atoms with Crippen LogP contribution in [0, 0.1) is 6.92 Å². The Balaban J connectivity index is 3.57. The van der Waals surface area contributed by atoms with Gasteiger partial charge in [-0.15, -0.1) is 23.5 Å². The summed E-state index contributed by atoms with van der Waals surface area (Å²) in [6.07, 6.45) is 3.90. The smallest absolute Gasteiger partial charge is 0.144 e. The van der Waals surface area contributed by atoms with Gasteiger partial charge in [-0.25, -0.2) is 0 Å². The van der Waals surface area contributed by atoms with Gasteiger partial charge in [0.2, 0.25) is 0 Å². The molecule has 0 aliphatic carbocycles. The van der Waals surface area contributed by atoms with Crippen molar-refractivity contribution in [1.29, 1.82) is 0 Å². The van der Waals surface area contributed by atoms with Crippen LogP contribution >= 0.6 is 23.5 Å². The molecule has 0 bridgehead atoms. The van der Waals surface area contributed by atoms with Crippen LogP contribution in [0.5, 0.6) is 5.75 Å². The molecule has 14 heavy (non-hydrogen) atoms. The average Bonchev–Trinajstić information content (AvgIpc) is 2.20. The maximum absolute atomic E-state index is 9.69. The van der Waals surface area contributed by atoms with Gasteiger partial charge in [-0.05, 0) is 19.4 Å². The third kappa shape index (κ3) is 1.62. The Hall–Kier alpha value is -0.680. The molecule has 78 valence electrons. The van der Waals surface area contributed by atoms with Crippen molar-refractivity contribution in [3.63, 3.8) is 0 Å². The molecule has 5 heteroatoms. The van der Waals surface area contributed by atoms with Crippen molar-refractivity contribution in [2.45, 2.75) is 16.7 Å². The number of aromatic hydroxyl groups is 1. The second kappa shape index (κ2) is 4.23. The van der Waals surface area contributed by atoms with E-state index in [1.807, 2.05) is 19.4 Å². The lowest BCUT2D eigenvalue weighted by Gasteiger charge is -2.15. The van der Waals surface area contributed by atoms with E-state index < -0.39 is 0 Å². The number of hydrogen-bond donors (Lipinski definition) is 3. The Labute approximate surface area is 92.2 Å². The molecule has 0 aliphatic heterocycles. The molecule has 0 heterocycles. The Morgan fingerprint density at radius 2 is 1.50 bits per heavy atom. The van der Waals surface area contributed by atoms with E-state index in [0.29, 0.717) is 5.69 Å². The Kier molecular flexibility index (Phi) is 3.44. The Morgan fingerprint density at radius 3 is 1.93 bits per heavy atom. The maximum atomic E-state index is 9.69. The molecule has 0 spiro atoms. The summed E-state index contributed by atoms with van der Waals surface area (Å²) in [5, 5.41) is 9.69. The van der Waals surface area contributed by atoms with Crippen molar-refractivity contribution in [2.24, 2.45) is 0 Å². The summed E-state index contributed by atoms with van der Waals surface area (Å²) < 4.78 is 0. The van der Waals surface area contributed by atoms with Crippen LogP contribution in [0.25, 0.3) is 0 Å². The number of anilines is 2. The van der Waals surface area contributed by atoms with Crippen molar-refractivity contribution in [3.05, 3.63) is 5.56 Å². The molecule has 0 radical (unpaired) electrons. The quantitative estimate of drug-likeness (QED) is 0.413. The minimum absolute atomic E-state index is 0.102. The number of thioether (sulfide) groups is 2. The highest BCUT2D eigenvalue weighted by atomic mass is 32.2. The van der Waals surface area contributed by atoms with Crippen LogP contribution in [0.15, 0.2) is 9.79 Å². The van der Waals surface area contributed by atoms with E-state index in [0.717, 1.165) is 15.4 Å². The van der Waals surface area contributed by atoms with Crippen LogP contribution < -0.4 is 11.5 Å². The minimum atomic E-state index is 0.102. The monoisotopic (exact) mass is 230 g/mol. The van der Waals surface area contributed by atoms with Crippen molar-refractivity contribution >= 4 is 34.9 Å². The first-order valence-corrected chi connectivity index (χ1v) is 6.48. The van der Waals surface area contributed by atoms with Crippen LogP contribution in [0.3, 0.4) is 0 Å². The van der Waals surface area contributed by atoms with E-state index in [1.54, 1.807) is 23.5 Å². The molecule has 0 saturated carbocycles. The summed E-state index contributed by atoms with van der Waals surface area (Å²) in [5.74, 6) is 0.102. The van der Waals surface area contributed by atoms with Gasteiger partial charge in [0.05, 0.1) is 11.4 Å². The zero-order valence-electron chi connectivity index (χ0n) is 8.42. The first kappa shape index (κ1) is 11.4. The van der Waals surface area contributed by atoms with Gasteiger partial charge < -0.3 is 16.6 Å². The fourth-order valence-corrected chi connectivity index (χ4v) is 3.17. The number of benzene rings is 1. The number of phenols is 1. The summed E-state index contributed by atoms with van der Waals surface area (Å²) in [6, 6.07) is 0. The third-order valence-electron chi connectivity index (χ3n) is 2.10. The van der Waals surface area contributed by atoms with Crippen LogP contribution in [-0.4, -0.2) is 17.6 Å². The average molecular weight is 230 g/mol. The number of hydrogen-bond acceptors (Lipinski definition) is 5. The maximum Gasteiger partial charge on any atom is 0.144 e. The number of nitrogen functional groups attached to an aromatic ring is 2. The number of nitrogens with two attached hydrogens (primary N) is 2. The molecule has 0 amide bonds. The summed E-state index contributed by atoms with van der Waals surface area (Å²) in [6.45, 7) is 1.84. The highest BCUT2D eigenvalue weighted by Gasteiger charge is 2.16. The van der Waals surface area contributed by atoms with Crippen molar-refractivity contribution < 1.29 is 5.11 Å². The Morgan fingerprint density at radius 1 is 1.00 bits per heavy atom. The molecule has 0 aromatic heterocycles. The van der Waals surface area contributed by atoms with E-state index in [4.69, 9.17) is 11.5 Å². The second-order valence-corrected chi connectivity index (χ2v) is 4.50. The van der Waals surface area contributed by atoms with Gasteiger partial charge in [0.25, 0.3) is 0 Å². The van der Waals surface area contributed by atoms with E-state index >= 15 is 0 Å². The van der Waals surface area contributed by atoms with Crippen LogP contribution in [0.1, 0.15) is 5.56 Å². The highest BCUT2D eigenvalue weighted by molar-refractivity contribution is 8.01. The molecular weight excluding hydrogens is 216 g/mol. The van der Waals surface area contributed by atoms with Gasteiger partial charge in [0, 0.05) is 15.4 Å². The standard InChI is InChI=1S/C9H14N2OS2/c1-4-7(12)5(10)6(11)9(14-3)8(4)13-2/h12H,10-11H2,1-3H3. The number of rotatable bonds is 2. The predicted octanol–water partition coefficient (Wildman–Crippen LogP) is 2.31. The van der Waals surface area contributed by atoms with Gasteiger partial charge in [0.1, 0.15) is 5.75 Å². The molecule has 1 aromatic carbocycles. The predicted molar refractivity (Wildman–Crippen MR) is 65.2 cm³/mol. The van der Waals surface area contributed by atoms with Gasteiger partial charge in [-0.2, -0.15) is 0 Å². The largest absolute Gasteiger partial charge is 0.505 e. The molecule has 1 rings (SSSR count). The molecule has 0 fully saturated rings. The fourth-order valence-electron chi connectivity index (χ4n) is 1.30. The summed E-state index contributed by atoms with van der Waals surface area (Å²) in [4.78, 5) is 1.95. The fraction of sp³-hybridized carbons (Fsp3) is 0.333. The van der Waals surface area contributed by atoms with Crippen LogP contribution in [0.2, 0.25) is 0 Å². The van der Waals surface area contributed by atoms with Crippen molar-refractivity contribution in [2.75, 3.05) is 24.0 Å². The number of phenolic OH excluding ortho intramolecular Hbond substituents is 1. The summed E-state index contributed by atoms with van der Waals surface area (Å²) in [5.41, 5.74) is 13.1. The van der Waals surface area contributed by atoms with Gasteiger partial charge in [-0.1, -0.05) is 0 Å². The highest BCUT2D eigenvalue weighted by Crippen LogP contribution is 2.44. The van der Waals surface area contributed by atoms with Gasteiger partial charge in [-0.3, -0.25) is 0 Å². The topological polar surface area (TPSA) is 72.3 Å². The molecular formula is C9H14N2OS2. The molecule has 0 saturated heterocycles. The third-order valence-corrected chi connectivity index (χ3v) is 3.98. The zero-order chi connectivity index (χ0) is 10.9. The SMILES string of the molecule is CSc1c(C)c(O)c(N)c(N)c1SC. The Bertz CT molecular complexity index is 332. The molecule has 0 unspecified atom stereocenters. The first-order valence-electron chi connectivity index (χ1n) is 4.03. The zero-order valence-corrected chi connectivity index (χ0v) is 10.1. The van der Waals surface area contributed by atoms with Crippen molar-refractivity contribution in [3.8, 4) is 5.75 Å². The molecule has 0 atom stereocenters. The second-order valence-electron chi connectivity index (χ2n) is 2.87. The van der Waals surface area contributed by atoms with Gasteiger partial charge in [0.15, 0.2) is 0 Å².